The van der Waals surface area contributed by atoms with Crippen molar-refractivity contribution in [2.75, 3.05) is 20.1 Å². The lowest BCUT2D eigenvalue weighted by Gasteiger charge is -2.34. The molecule has 0 spiro atoms. The number of rotatable bonds is 4. The molecule has 1 aliphatic rings. The van der Waals surface area contributed by atoms with Gasteiger partial charge in [0.25, 0.3) is 0 Å². The summed E-state index contributed by atoms with van der Waals surface area (Å²) in [5.74, 6) is -2.19. The quantitative estimate of drug-likeness (QED) is 0.767. The van der Waals surface area contributed by atoms with E-state index in [1.807, 2.05) is 44.3 Å². The van der Waals surface area contributed by atoms with E-state index in [-0.39, 0.29) is 17.8 Å². The molecule has 138 valence electrons. The van der Waals surface area contributed by atoms with E-state index in [0.717, 1.165) is 30.7 Å². The number of likely N-dealkylation sites (tertiary alicyclic amines) is 1. The van der Waals surface area contributed by atoms with E-state index in [2.05, 4.69) is 4.90 Å². The fourth-order valence-electron chi connectivity index (χ4n) is 3.37. The highest BCUT2D eigenvalue weighted by atomic mass is 19.2. The number of carbonyl (C=O) groups is 1. The summed E-state index contributed by atoms with van der Waals surface area (Å²) in [4.78, 5) is 15.0. The van der Waals surface area contributed by atoms with Gasteiger partial charge in [-0.2, -0.15) is 0 Å². The number of carbonyl (C=O) groups excluding carboxylic acids is 1. The molecular formula is C21H23F2NO2. The van der Waals surface area contributed by atoms with E-state index >= 15 is 0 Å². The minimum absolute atomic E-state index is 0.222. The van der Waals surface area contributed by atoms with E-state index in [9.17, 15) is 13.6 Å². The maximum Gasteiger partial charge on any atom is 0.311 e. The van der Waals surface area contributed by atoms with Crippen LogP contribution in [0.5, 0.6) is 0 Å². The molecule has 0 radical (unpaired) electrons. The molecule has 3 unspecified atom stereocenters. The number of hydrogen-bond donors (Lipinski definition) is 0. The summed E-state index contributed by atoms with van der Waals surface area (Å²) in [6, 6.07) is 12.7. The van der Waals surface area contributed by atoms with Crippen LogP contribution < -0.4 is 0 Å². The van der Waals surface area contributed by atoms with Gasteiger partial charge in [-0.1, -0.05) is 43.3 Å². The Kier molecular flexibility index (Phi) is 5.67. The molecule has 0 aliphatic carbocycles. The summed E-state index contributed by atoms with van der Waals surface area (Å²) in [6.45, 7) is 3.64. The molecule has 2 aromatic carbocycles. The van der Waals surface area contributed by atoms with Gasteiger partial charge in [0.05, 0.1) is 5.92 Å². The van der Waals surface area contributed by atoms with Crippen LogP contribution in [0.3, 0.4) is 0 Å². The molecule has 2 aromatic rings. The lowest BCUT2D eigenvalue weighted by Crippen LogP contribution is -2.42. The summed E-state index contributed by atoms with van der Waals surface area (Å²) in [6.07, 6.45) is 0.162. The van der Waals surface area contributed by atoms with Gasteiger partial charge in [-0.25, -0.2) is 8.78 Å². The van der Waals surface area contributed by atoms with Crippen LogP contribution in [0.25, 0.3) is 0 Å². The van der Waals surface area contributed by atoms with E-state index in [4.69, 9.17) is 4.74 Å². The fourth-order valence-corrected chi connectivity index (χ4v) is 3.37. The van der Waals surface area contributed by atoms with E-state index in [1.165, 1.54) is 6.07 Å². The zero-order valence-corrected chi connectivity index (χ0v) is 15.0. The fraction of sp³-hybridized carbons (Fsp3) is 0.381. The lowest BCUT2D eigenvalue weighted by atomic mass is 9.87. The summed E-state index contributed by atoms with van der Waals surface area (Å²) < 4.78 is 32.9. The Bertz CT molecular complexity index is 766. The highest BCUT2D eigenvalue weighted by Gasteiger charge is 2.33. The van der Waals surface area contributed by atoms with Crippen LogP contribution in [-0.2, 0) is 9.53 Å². The van der Waals surface area contributed by atoms with Crippen molar-refractivity contribution < 1.29 is 18.3 Å². The third-order valence-electron chi connectivity index (χ3n) is 5.05. The number of hydrogen-bond acceptors (Lipinski definition) is 3. The minimum atomic E-state index is -0.953. The number of benzene rings is 2. The number of halogens is 2. The first-order chi connectivity index (χ1) is 12.5. The first-order valence-electron chi connectivity index (χ1n) is 8.84. The van der Waals surface area contributed by atoms with Crippen molar-refractivity contribution in [3.05, 3.63) is 71.3 Å². The average molecular weight is 359 g/mol. The molecule has 1 aliphatic heterocycles. The molecule has 1 heterocycles. The standard InChI is InChI=1S/C21H23F2NO2/c1-14-10-11-24(2)13-17(14)21(25)26-20(15-6-4-3-5-7-15)16-8-9-18(22)19(23)12-16/h3-9,12,14,17,20H,10-11,13H2,1-2H3. The molecule has 26 heavy (non-hydrogen) atoms. The van der Waals surface area contributed by atoms with Crippen molar-refractivity contribution >= 4 is 5.97 Å². The van der Waals surface area contributed by atoms with Crippen LogP contribution in [0.4, 0.5) is 8.78 Å². The molecule has 0 saturated carbocycles. The second-order valence-electron chi connectivity index (χ2n) is 7.04. The Morgan fingerprint density at radius 3 is 2.54 bits per heavy atom. The Morgan fingerprint density at radius 2 is 1.85 bits per heavy atom. The second kappa shape index (κ2) is 7.96. The Balaban J connectivity index is 1.88. The maximum absolute atomic E-state index is 13.7. The number of ether oxygens (including phenoxy) is 1. The van der Waals surface area contributed by atoms with Gasteiger partial charge in [0.1, 0.15) is 0 Å². The third-order valence-corrected chi connectivity index (χ3v) is 5.05. The van der Waals surface area contributed by atoms with Crippen LogP contribution in [0.15, 0.2) is 48.5 Å². The van der Waals surface area contributed by atoms with Crippen LogP contribution >= 0.6 is 0 Å². The second-order valence-corrected chi connectivity index (χ2v) is 7.04. The summed E-state index contributed by atoms with van der Waals surface area (Å²) in [5, 5.41) is 0. The van der Waals surface area contributed by atoms with Gasteiger partial charge in [-0.3, -0.25) is 4.79 Å². The van der Waals surface area contributed by atoms with Gasteiger partial charge >= 0.3 is 5.97 Å². The third kappa shape index (κ3) is 4.10. The van der Waals surface area contributed by atoms with E-state index in [0.29, 0.717) is 12.1 Å². The van der Waals surface area contributed by atoms with Gasteiger partial charge in [-0.05, 0) is 43.6 Å². The van der Waals surface area contributed by atoms with Gasteiger partial charge in [0.15, 0.2) is 17.7 Å². The zero-order valence-electron chi connectivity index (χ0n) is 15.0. The minimum Gasteiger partial charge on any atom is -0.452 e. The van der Waals surface area contributed by atoms with Gasteiger partial charge in [-0.15, -0.1) is 0 Å². The van der Waals surface area contributed by atoms with Crippen LogP contribution in [0, 0.1) is 23.5 Å². The van der Waals surface area contributed by atoms with E-state index < -0.39 is 17.7 Å². The normalized spacial score (nSPS) is 22.0. The highest BCUT2D eigenvalue weighted by Crippen LogP contribution is 2.31. The summed E-state index contributed by atoms with van der Waals surface area (Å²) >= 11 is 0. The van der Waals surface area contributed by atoms with Crippen molar-refractivity contribution in [1.29, 1.82) is 0 Å². The predicted octanol–water partition coefficient (Wildman–Crippen LogP) is 4.19. The smallest absolute Gasteiger partial charge is 0.311 e. The Hall–Kier alpha value is -2.27. The largest absolute Gasteiger partial charge is 0.452 e. The first kappa shape index (κ1) is 18.5. The Labute approximate surface area is 152 Å². The molecule has 0 aromatic heterocycles. The van der Waals surface area contributed by atoms with Crippen LogP contribution in [-0.4, -0.2) is 31.0 Å². The molecule has 0 bridgehead atoms. The number of nitrogens with zero attached hydrogens (tertiary/aromatic N) is 1. The van der Waals surface area contributed by atoms with Crippen molar-refractivity contribution in [2.24, 2.45) is 11.8 Å². The molecular weight excluding hydrogens is 336 g/mol. The monoisotopic (exact) mass is 359 g/mol. The topological polar surface area (TPSA) is 29.5 Å². The van der Waals surface area contributed by atoms with Crippen molar-refractivity contribution in [3.8, 4) is 0 Å². The molecule has 3 rings (SSSR count). The number of esters is 1. The lowest BCUT2D eigenvalue weighted by molar-refractivity contribution is -0.156. The first-order valence-corrected chi connectivity index (χ1v) is 8.84. The predicted molar refractivity (Wildman–Crippen MR) is 95.5 cm³/mol. The maximum atomic E-state index is 13.7. The van der Waals surface area contributed by atoms with Crippen LogP contribution in [0.1, 0.15) is 30.6 Å². The molecule has 5 heteroatoms. The Morgan fingerprint density at radius 1 is 1.12 bits per heavy atom. The van der Waals surface area contributed by atoms with Gasteiger partial charge in [0.2, 0.25) is 0 Å². The van der Waals surface area contributed by atoms with Gasteiger partial charge in [0, 0.05) is 12.1 Å². The molecule has 3 atom stereocenters. The summed E-state index contributed by atoms with van der Waals surface area (Å²) in [7, 11) is 1.98. The van der Waals surface area contributed by atoms with Crippen molar-refractivity contribution in [1.82, 2.24) is 4.90 Å². The molecule has 0 N–H and O–H groups in total. The zero-order chi connectivity index (χ0) is 18.7. The van der Waals surface area contributed by atoms with E-state index in [1.54, 1.807) is 0 Å². The molecule has 1 saturated heterocycles. The summed E-state index contributed by atoms with van der Waals surface area (Å²) in [5.41, 5.74) is 1.14. The number of piperidine rings is 1. The highest BCUT2D eigenvalue weighted by molar-refractivity contribution is 5.74. The molecule has 3 nitrogen and oxygen atoms in total. The average Bonchev–Trinajstić information content (AvgIpc) is 2.64. The van der Waals surface area contributed by atoms with Gasteiger partial charge < -0.3 is 9.64 Å². The van der Waals surface area contributed by atoms with Crippen LogP contribution in [0.2, 0.25) is 0 Å². The molecule has 1 fully saturated rings. The van der Waals surface area contributed by atoms with Crippen molar-refractivity contribution in [2.45, 2.75) is 19.4 Å². The SMILES string of the molecule is CC1CCN(C)CC1C(=O)OC(c1ccccc1)c1ccc(F)c(F)c1. The van der Waals surface area contributed by atoms with Crippen molar-refractivity contribution in [3.63, 3.8) is 0 Å². The molecule has 0 amide bonds.